The molecule has 0 saturated heterocycles. The van der Waals surface area contributed by atoms with Crippen molar-refractivity contribution in [3.63, 3.8) is 0 Å². The van der Waals surface area contributed by atoms with Gasteiger partial charge in [0.05, 0.1) is 41.0 Å². The summed E-state index contributed by atoms with van der Waals surface area (Å²) in [4.78, 5) is 29.7. The van der Waals surface area contributed by atoms with E-state index in [0.29, 0.717) is 35.3 Å². The molecule has 154 valence electrons. The lowest BCUT2D eigenvalue weighted by molar-refractivity contribution is -0.157. The molecule has 0 radical (unpaired) electrons. The number of aryl methyl sites for hydroxylation is 1. The van der Waals surface area contributed by atoms with E-state index in [0.717, 1.165) is 22.1 Å². The molecular weight excluding hydrogens is 401 g/mol. The van der Waals surface area contributed by atoms with Crippen LogP contribution in [0.1, 0.15) is 51.8 Å². The molecule has 2 aromatic heterocycles. The Bertz CT molecular complexity index is 1470. The average molecular weight is 417 g/mol. The first-order chi connectivity index (χ1) is 14.9. The Hall–Kier alpha value is -3.57. The van der Waals surface area contributed by atoms with Crippen molar-refractivity contribution in [1.29, 1.82) is 5.26 Å². The Morgan fingerprint density at radius 2 is 2.10 bits per heavy atom. The second-order valence-electron chi connectivity index (χ2n) is 8.29. The summed E-state index contributed by atoms with van der Waals surface area (Å²) in [6, 6.07) is 5.33. The van der Waals surface area contributed by atoms with Gasteiger partial charge in [0.15, 0.2) is 6.10 Å². The molecular formula is C23H16FN3O4. The Morgan fingerprint density at radius 3 is 2.87 bits per heavy atom. The number of benzene rings is 1. The molecule has 3 aliphatic rings. The number of pyridine rings is 2. The van der Waals surface area contributed by atoms with Gasteiger partial charge in [0, 0.05) is 22.6 Å². The van der Waals surface area contributed by atoms with Gasteiger partial charge in [-0.3, -0.25) is 4.79 Å². The molecule has 1 aromatic carbocycles. The van der Waals surface area contributed by atoms with Gasteiger partial charge in [-0.25, -0.2) is 14.2 Å². The minimum atomic E-state index is -1.54. The Labute approximate surface area is 175 Å². The van der Waals surface area contributed by atoms with Gasteiger partial charge in [0.2, 0.25) is 0 Å². The molecule has 3 aromatic rings. The standard InChI is InChI=1S/C23H16FN3O4/c1-9-11-3-2-10(6-25)18-13-7-27-17(20(13)26-16(19(11)18)5-15(9)24)4-12-14(22(27)29)8-31-23(30)21(12)28/h4-5,10,21,28H,2-3,7-8H2,1H3. The molecule has 8 heteroatoms. The van der Waals surface area contributed by atoms with Gasteiger partial charge in [0.1, 0.15) is 12.4 Å². The number of fused-ring (bicyclic) bond motifs is 5. The summed E-state index contributed by atoms with van der Waals surface area (Å²) in [6.07, 6.45) is -0.371. The molecule has 2 atom stereocenters. The maximum absolute atomic E-state index is 14.6. The maximum atomic E-state index is 14.6. The first-order valence-electron chi connectivity index (χ1n) is 10.1. The van der Waals surface area contributed by atoms with E-state index in [4.69, 9.17) is 9.72 Å². The van der Waals surface area contributed by atoms with E-state index in [1.165, 1.54) is 10.6 Å². The molecule has 7 nitrogen and oxygen atoms in total. The summed E-state index contributed by atoms with van der Waals surface area (Å²) in [6.45, 7) is 1.77. The highest BCUT2D eigenvalue weighted by molar-refractivity contribution is 5.93. The highest BCUT2D eigenvalue weighted by Crippen LogP contribution is 2.45. The fourth-order valence-corrected chi connectivity index (χ4v) is 5.23. The number of rotatable bonds is 0. The monoisotopic (exact) mass is 417 g/mol. The largest absolute Gasteiger partial charge is 0.458 e. The molecule has 0 bridgehead atoms. The van der Waals surface area contributed by atoms with Gasteiger partial charge in [-0.15, -0.1) is 0 Å². The number of nitriles is 1. The summed E-state index contributed by atoms with van der Waals surface area (Å²) < 4.78 is 21.1. The quantitative estimate of drug-likeness (QED) is 0.441. The number of carbonyl (C=O) groups is 1. The minimum Gasteiger partial charge on any atom is -0.458 e. The second kappa shape index (κ2) is 5.99. The second-order valence-corrected chi connectivity index (χ2v) is 8.29. The number of esters is 1. The number of nitrogens with zero attached hydrogens (tertiary/aromatic N) is 3. The van der Waals surface area contributed by atoms with E-state index in [9.17, 15) is 24.3 Å². The Balaban J connectivity index is 1.71. The van der Waals surface area contributed by atoms with Crippen molar-refractivity contribution in [3.8, 4) is 17.5 Å². The summed E-state index contributed by atoms with van der Waals surface area (Å²) in [7, 11) is 0. The number of aromatic nitrogens is 2. The zero-order valence-electron chi connectivity index (χ0n) is 16.5. The third-order valence-corrected chi connectivity index (χ3v) is 6.80. The van der Waals surface area contributed by atoms with Gasteiger partial charge in [-0.1, -0.05) is 0 Å². The summed E-state index contributed by atoms with van der Waals surface area (Å²) >= 11 is 0. The van der Waals surface area contributed by atoms with E-state index in [-0.39, 0.29) is 41.6 Å². The predicted molar refractivity (Wildman–Crippen MR) is 107 cm³/mol. The zero-order chi connectivity index (χ0) is 21.6. The molecule has 1 aliphatic carbocycles. The lowest BCUT2D eigenvalue weighted by Gasteiger charge is -2.25. The topological polar surface area (TPSA) is 105 Å². The molecule has 0 amide bonds. The average Bonchev–Trinajstić information content (AvgIpc) is 3.13. The van der Waals surface area contributed by atoms with Gasteiger partial charge in [-0.05, 0) is 42.5 Å². The van der Waals surface area contributed by atoms with Crippen LogP contribution in [0.15, 0.2) is 16.9 Å². The number of halogens is 1. The Morgan fingerprint density at radius 1 is 1.29 bits per heavy atom. The lowest BCUT2D eigenvalue weighted by atomic mass is 9.79. The Kier molecular flexibility index (Phi) is 3.52. The molecule has 0 saturated carbocycles. The molecule has 0 spiro atoms. The van der Waals surface area contributed by atoms with Crippen molar-refractivity contribution in [3.05, 3.63) is 61.7 Å². The van der Waals surface area contributed by atoms with Crippen LogP contribution in [0, 0.1) is 24.1 Å². The number of hydrogen-bond donors (Lipinski definition) is 1. The third kappa shape index (κ3) is 2.21. The van der Waals surface area contributed by atoms with E-state index >= 15 is 0 Å². The third-order valence-electron chi connectivity index (χ3n) is 6.80. The minimum absolute atomic E-state index is 0.196. The highest BCUT2D eigenvalue weighted by Gasteiger charge is 2.37. The molecule has 2 unspecified atom stereocenters. The van der Waals surface area contributed by atoms with Crippen LogP contribution in [0.4, 0.5) is 4.39 Å². The van der Waals surface area contributed by atoms with Gasteiger partial charge < -0.3 is 14.4 Å². The molecule has 2 aliphatic heterocycles. The molecule has 0 fully saturated rings. The fourth-order valence-electron chi connectivity index (χ4n) is 5.23. The van der Waals surface area contributed by atoms with Crippen LogP contribution >= 0.6 is 0 Å². The maximum Gasteiger partial charge on any atom is 0.340 e. The normalized spacial score (nSPS) is 20.6. The number of carbonyl (C=O) groups excluding carboxylic acids is 1. The first-order valence-corrected chi connectivity index (χ1v) is 10.1. The summed E-state index contributed by atoms with van der Waals surface area (Å²) in [5, 5.41) is 20.9. The van der Waals surface area contributed by atoms with Gasteiger partial charge in [0.25, 0.3) is 5.56 Å². The van der Waals surface area contributed by atoms with Gasteiger partial charge >= 0.3 is 5.97 Å². The van der Waals surface area contributed by atoms with Crippen molar-refractivity contribution in [2.75, 3.05) is 0 Å². The number of aliphatic hydroxyl groups excluding tert-OH is 1. The fraction of sp³-hybridized carbons (Fsp3) is 0.304. The van der Waals surface area contributed by atoms with Crippen molar-refractivity contribution >= 4 is 16.9 Å². The summed E-state index contributed by atoms with van der Waals surface area (Å²) in [5.74, 6) is -1.54. The van der Waals surface area contributed by atoms with Crippen molar-refractivity contribution in [2.45, 2.75) is 44.9 Å². The SMILES string of the molecule is Cc1c(F)cc2nc3c(c4c2c1CCC4C#N)Cn1c-3cc2c(c1=O)COC(=O)C2O. The van der Waals surface area contributed by atoms with Crippen LogP contribution in [0.25, 0.3) is 22.3 Å². The van der Waals surface area contributed by atoms with Crippen LogP contribution in [0.5, 0.6) is 0 Å². The van der Waals surface area contributed by atoms with E-state index < -0.39 is 12.1 Å². The molecule has 1 N–H and O–H groups in total. The molecule has 31 heavy (non-hydrogen) atoms. The van der Waals surface area contributed by atoms with Crippen LogP contribution in [0.3, 0.4) is 0 Å². The smallest absolute Gasteiger partial charge is 0.340 e. The van der Waals surface area contributed by atoms with Crippen molar-refractivity contribution in [2.24, 2.45) is 0 Å². The van der Waals surface area contributed by atoms with Crippen LogP contribution in [-0.4, -0.2) is 20.6 Å². The van der Waals surface area contributed by atoms with E-state index in [1.807, 2.05) is 0 Å². The van der Waals surface area contributed by atoms with Crippen molar-refractivity contribution in [1.82, 2.24) is 9.55 Å². The van der Waals surface area contributed by atoms with E-state index in [2.05, 4.69) is 6.07 Å². The van der Waals surface area contributed by atoms with E-state index in [1.54, 1.807) is 13.0 Å². The number of aliphatic hydroxyl groups is 1. The predicted octanol–water partition coefficient (Wildman–Crippen LogP) is 2.52. The van der Waals surface area contributed by atoms with Crippen LogP contribution < -0.4 is 5.56 Å². The number of cyclic esters (lactones) is 1. The first kappa shape index (κ1) is 18.2. The van der Waals surface area contributed by atoms with Crippen LogP contribution in [0.2, 0.25) is 0 Å². The zero-order valence-corrected chi connectivity index (χ0v) is 16.5. The number of ether oxygens (including phenoxy) is 1. The lowest BCUT2D eigenvalue weighted by Crippen LogP contribution is -2.32. The van der Waals surface area contributed by atoms with Crippen molar-refractivity contribution < 1.29 is 19.0 Å². The molecule has 6 rings (SSSR count). The number of hydrogen-bond acceptors (Lipinski definition) is 6. The summed E-state index contributed by atoms with van der Waals surface area (Å²) in [5.41, 5.74) is 4.49. The van der Waals surface area contributed by atoms with Gasteiger partial charge in [-0.2, -0.15) is 5.26 Å². The van der Waals surface area contributed by atoms with Crippen LogP contribution in [-0.2, 0) is 29.1 Å². The molecule has 4 heterocycles. The highest BCUT2D eigenvalue weighted by atomic mass is 19.1.